The summed E-state index contributed by atoms with van der Waals surface area (Å²) in [6, 6.07) is 18.9. The number of nitrogens with zero attached hydrogens (tertiary/aromatic N) is 1. The molecule has 2 rings (SSSR count). The molecule has 2 unspecified atom stereocenters. The standard InChI is InChI=1S/C17H19NO/c1-13-8-7-11-16(12-13)17(14(2)19-18-3)15-9-5-4-6-10-15/h4-12,14,17H,3H2,1-2H3. The van der Waals surface area contributed by atoms with E-state index in [0.29, 0.717) is 0 Å². The van der Waals surface area contributed by atoms with Crippen molar-refractivity contribution in [1.29, 1.82) is 0 Å². The van der Waals surface area contributed by atoms with Crippen molar-refractivity contribution >= 4 is 6.72 Å². The fraction of sp³-hybridized carbons (Fsp3) is 0.235. The zero-order chi connectivity index (χ0) is 13.7. The number of oxime groups is 1. The van der Waals surface area contributed by atoms with Crippen LogP contribution in [0, 0.1) is 6.92 Å². The molecule has 0 saturated heterocycles. The zero-order valence-electron chi connectivity index (χ0n) is 11.4. The van der Waals surface area contributed by atoms with Gasteiger partial charge in [0.2, 0.25) is 0 Å². The minimum atomic E-state index is -0.0540. The smallest absolute Gasteiger partial charge is 0.135 e. The van der Waals surface area contributed by atoms with Crippen LogP contribution < -0.4 is 0 Å². The fourth-order valence-electron chi connectivity index (χ4n) is 2.44. The van der Waals surface area contributed by atoms with Gasteiger partial charge in [-0.25, -0.2) is 0 Å². The van der Waals surface area contributed by atoms with E-state index in [0.717, 1.165) is 0 Å². The third-order valence-electron chi connectivity index (χ3n) is 3.27. The Morgan fingerprint density at radius 1 is 1.00 bits per heavy atom. The van der Waals surface area contributed by atoms with Crippen molar-refractivity contribution in [3.8, 4) is 0 Å². The molecule has 98 valence electrons. The molecule has 0 aliphatic rings. The summed E-state index contributed by atoms with van der Waals surface area (Å²) in [6.45, 7) is 7.54. The van der Waals surface area contributed by atoms with Crippen LogP contribution in [0.1, 0.15) is 29.5 Å². The van der Waals surface area contributed by atoms with E-state index in [9.17, 15) is 0 Å². The monoisotopic (exact) mass is 253 g/mol. The van der Waals surface area contributed by atoms with Crippen molar-refractivity contribution in [1.82, 2.24) is 0 Å². The highest BCUT2D eigenvalue weighted by atomic mass is 16.6. The second-order valence-electron chi connectivity index (χ2n) is 4.74. The first kappa shape index (κ1) is 13.3. The van der Waals surface area contributed by atoms with Gasteiger partial charge in [-0.05, 0) is 25.0 Å². The predicted molar refractivity (Wildman–Crippen MR) is 79.6 cm³/mol. The van der Waals surface area contributed by atoms with Crippen molar-refractivity contribution < 1.29 is 4.84 Å². The van der Waals surface area contributed by atoms with Crippen molar-refractivity contribution in [2.45, 2.75) is 25.9 Å². The van der Waals surface area contributed by atoms with Gasteiger partial charge >= 0.3 is 0 Å². The van der Waals surface area contributed by atoms with Crippen molar-refractivity contribution in [3.05, 3.63) is 71.3 Å². The molecular formula is C17H19NO. The highest BCUT2D eigenvalue weighted by Crippen LogP contribution is 2.30. The Balaban J connectivity index is 2.42. The first-order valence-electron chi connectivity index (χ1n) is 6.45. The maximum absolute atomic E-state index is 5.37. The zero-order valence-corrected chi connectivity index (χ0v) is 11.4. The molecular weight excluding hydrogens is 234 g/mol. The predicted octanol–water partition coefficient (Wildman–Crippen LogP) is 4.15. The molecule has 19 heavy (non-hydrogen) atoms. The second-order valence-corrected chi connectivity index (χ2v) is 4.74. The van der Waals surface area contributed by atoms with Gasteiger partial charge in [0.25, 0.3) is 0 Å². The molecule has 0 spiro atoms. The Kier molecular flexibility index (Phi) is 4.35. The highest BCUT2D eigenvalue weighted by molar-refractivity contribution is 5.35. The molecule has 2 nitrogen and oxygen atoms in total. The Bertz CT molecular complexity index is 536. The minimum Gasteiger partial charge on any atom is -0.392 e. The van der Waals surface area contributed by atoms with Crippen LogP contribution in [-0.4, -0.2) is 12.8 Å². The number of rotatable bonds is 5. The summed E-state index contributed by atoms with van der Waals surface area (Å²) in [6.07, 6.45) is -0.0540. The van der Waals surface area contributed by atoms with Crippen LogP contribution in [0.15, 0.2) is 59.8 Å². The molecule has 0 fully saturated rings. The quantitative estimate of drug-likeness (QED) is 0.579. The van der Waals surface area contributed by atoms with Crippen LogP contribution in [0.25, 0.3) is 0 Å². The topological polar surface area (TPSA) is 21.6 Å². The Hall–Kier alpha value is -2.09. The Morgan fingerprint density at radius 3 is 2.32 bits per heavy atom. The third kappa shape index (κ3) is 3.22. The van der Waals surface area contributed by atoms with E-state index in [1.54, 1.807) is 0 Å². The normalized spacial score (nSPS) is 13.6. The number of benzene rings is 2. The highest BCUT2D eigenvalue weighted by Gasteiger charge is 2.22. The van der Waals surface area contributed by atoms with E-state index < -0.39 is 0 Å². The number of hydrogen-bond acceptors (Lipinski definition) is 2. The lowest BCUT2D eigenvalue weighted by Crippen LogP contribution is -2.18. The molecule has 0 saturated carbocycles. The molecule has 0 radical (unpaired) electrons. The van der Waals surface area contributed by atoms with Gasteiger partial charge in [0, 0.05) is 12.6 Å². The SMILES string of the molecule is C=NOC(C)C(c1ccccc1)c1cccc(C)c1. The van der Waals surface area contributed by atoms with Gasteiger partial charge in [-0.1, -0.05) is 60.2 Å². The van der Waals surface area contributed by atoms with Gasteiger partial charge < -0.3 is 4.84 Å². The molecule has 0 heterocycles. The van der Waals surface area contributed by atoms with Gasteiger partial charge in [-0.15, -0.1) is 5.16 Å². The van der Waals surface area contributed by atoms with E-state index in [-0.39, 0.29) is 12.0 Å². The molecule has 2 aromatic rings. The minimum absolute atomic E-state index is 0.0540. The van der Waals surface area contributed by atoms with E-state index in [1.807, 2.05) is 25.1 Å². The molecule has 2 aromatic carbocycles. The first-order valence-corrected chi connectivity index (χ1v) is 6.45. The lowest BCUT2D eigenvalue weighted by molar-refractivity contribution is 0.0629. The van der Waals surface area contributed by atoms with E-state index in [1.165, 1.54) is 16.7 Å². The average Bonchev–Trinajstić information content (AvgIpc) is 2.40. The van der Waals surface area contributed by atoms with Crippen LogP contribution >= 0.6 is 0 Å². The maximum atomic E-state index is 5.37. The first-order chi connectivity index (χ1) is 9.22. The van der Waals surface area contributed by atoms with Crippen molar-refractivity contribution in [3.63, 3.8) is 0 Å². The lowest BCUT2D eigenvalue weighted by Gasteiger charge is -2.23. The van der Waals surface area contributed by atoms with E-state index in [2.05, 4.69) is 55.2 Å². The average molecular weight is 253 g/mol. The Morgan fingerprint density at radius 2 is 1.68 bits per heavy atom. The summed E-state index contributed by atoms with van der Waals surface area (Å²) in [7, 11) is 0. The summed E-state index contributed by atoms with van der Waals surface area (Å²) in [5.41, 5.74) is 3.71. The second kappa shape index (κ2) is 6.19. The van der Waals surface area contributed by atoms with Crippen LogP contribution in [0.4, 0.5) is 0 Å². The summed E-state index contributed by atoms with van der Waals surface area (Å²) >= 11 is 0. The van der Waals surface area contributed by atoms with Gasteiger partial charge in [-0.3, -0.25) is 0 Å². The number of aryl methyl sites for hydroxylation is 1. The summed E-state index contributed by atoms with van der Waals surface area (Å²) < 4.78 is 0. The van der Waals surface area contributed by atoms with Gasteiger partial charge in [-0.2, -0.15) is 0 Å². The summed E-state index contributed by atoms with van der Waals surface area (Å²) in [5.74, 6) is 0.159. The maximum Gasteiger partial charge on any atom is 0.135 e. The van der Waals surface area contributed by atoms with Crippen LogP contribution in [0.2, 0.25) is 0 Å². The molecule has 0 aliphatic heterocycles. The van der Waals surface area contributed by atoms with Crippen LogP contribution in [0.5, 0.6) is 0 Å². The largest absolute Gasteiger partial charge is 0.392 e. The van der Waals surface area contributed by atoms with Gasteiger partial charge in [0.1, 0.15) is 6.10 Å². The van der Waals surface area contributed by atoms with E-state index >= 15 is 0 Å². The number of hydrogen-bond donors (Lipinski definition) is 0. The lowest BCUT2D eigenvalue weighted by atomic mass is 9.86. The van der Waals surface area contributed by atoms with Crippen molar-refractivity contribution in [2.75, 3.05) is 0 Å². The third-order valence-corrected chi connectivity index (χ3v) is 3.27. The Labute approximate surface area is 114 Å². The fourth-order valence-corrected chi connectivity index (χ4v) is 2.44. The van der Waals surface area contributed by atoms with Gasteiger partial charge in [0.05, 0.1) is 0 Å². The van der Waals surface area contributed by atoms with Crippen LogP contribution in [0.3, 0.4) is 0 Å². The molecule has 0 aromatic heterocycles. The van der Waals surface area contributed by atoms with E-state index in [4.69, 9.17) is 4.84 Å². The van der Waals surface area contributed by atoms with Gasteiger partial charge in [0.15, 0.2) is 0 Å². The molecule has 0 aliphatic carbocycles. The molecule has 2 atom stereocenters. The molecule has 0 N–H and O–H groups in total. The molecule has 2 heteroatoms. The molecule has 0 amide bonds. The molecule has 0 bridgehead atoms. The summed E-state index contributed by atoms with van der Waals surface area (Å²) in [4.78, 5) is 5.37. The van der Waals surface area contributed by atoms with Crippen LogP contribution in [-0.2, 0) is 4.84 Å². The van der Waals surface area contributed by atoms with Crippen molar-refractivity contribution in [2.24, 2.45) is 5.16 Å². The summed E-state index contributed by atoms with van der Waals surface area (Å²) in [5, 5.41) is 3.58.